The molecule has 4 nitrogen and oxygen atoms in total. The summed E-state index contributed by atoms with van der Waals surface area (Å²) in [7, 11) is 1.81. The largest absolute Gasteiger partial charge is 0.355 e. The molecule has 0 aromatic heterocycles. The lowest BCUT2D eigenvalue weighted by molar-refractivity contribution is -0.136. The zero-order valence-corrected chi connectivity index (χ0v) is 12.9. The first-order valence-corrected chi connectivity index (χ1v) is 6.90. The number of nitriles is 1. The summed E-state index contributed by atoms with van der Waals surface area (Å²) in [5.74, 6) is 0.0719. The molecule has 1 amide bonds. The van der Waals surface area contributed by atoms with Crippen LogP contribution in [0.2, 0.25) is 0 Å². The fourth-order valence-electron chi connectivity index (χ4n) is 2.46. The van der Waals surface area contributed by atoms with Crippen molar-refractivity contribution in [2.75, 3.05) is 25.0 Å². The smallest absolute Gasteiger partial charge is 0.247 e. The molecule has 0 saturated carbocycles. The SMILES string of the molecule is CN1CCN(c2cc(Br)ccc2C#N)C(C)(C)C1=O. The van der Waals surface area contributed by atoms with E-state index < -0.39 is 5.54 Å². The highest BCUT2D eigenvalue weighted by atomic mass is 79.9. The van der Waals surface area contributed by atoms with Crippen molar-refractivity contribution in [3.8, 4) is 6.07 Å². The topological polar surface area (TPSA) is 47.3 Å². The number of piperazine rings is 1. The Kier molecular flexibility index (Phi) is 3.55. The molecule has 0 radical (unpaired) electrons. The highest BCUT2D eigenvalue weighted by molar-refractivity contribution is 9.10. The summed E-state index contributed by atoms with van der Waals surface area (Å²) >= 11 is 3.43. The number of amides is 1. The second-order valence-electron chi connectivity index (χ2n) is 5.21. The summed E-state index contributed by atoms with van der Waals surface area (Å²) in [4.78, 5) is 16.1. The van der Waals surface area contributed by atoms with Gasteiger partial charge in [0.2, 0.25) is 5.91 Å². The molecule has 1 aliphatic heterocycles. The molecule has 1 aromatic carbocycles. The van der Waals surface area contributed by atoms with Crippen molar-refractivity contribution in [2.24, 2.45) is 0 Å². The molecule has 2 rings (SSSR count). The van der Waals surface area contributed by atoms with E-state index in [1.165, 1.54) is 0 Å². The molecule has 0 atom stereocenters. The molecule has 0 aliphatic carbocycles. The van der Waals surface area contributed by atoms with Gasteiger partial charge in [0.05, 0.1) is 11.3 Å². The Bertz CT molecular complexity index is 562. The van der Waals surface area contributed by atoms with Gasteiger partial charge in [-0.15, -0.1) is 0 Å². The zero-order chi connectivity index (χ0) is 14.2. The van der Waals surface area contributed by atoms with E-state index in [0.717, 1.165) is 16.7 Å². The molecule has 100 valence electrons. The Hall–Kier alpha value is -1.54. The van der Waals surface area contributed by atoms with Crippen LogP contribution in [-0.2, 0) is 4.79 Å². The van der Waals surface area contributed by atoms with E-state index in [1.54, 1.807) is 11.0 Å². The van der Waals surface area contributed by atoms with E-state index in [9.17, 15) is 10.1 Å². The predicted molar refractivity (Wildman–Crippen MR) is 77.9 cm³/mol. The van der Waals surface area contributed by atoms with Gasteiger partial charge in [0.25, 0.3) is 0 Å². The molecule has 1 aliphatic rings. The van der Waals surface area contributed by atoms with Crippen molar-refractivity contribution < 1.29 is 4.79 Å². The number of benzene rings is 1. The second kappa shape index (κ2) is 4.86. The van der Waals surface area contributed by atoms with Crippen molar-refractivity contribution >= 4 is 27.5 Å². The average molecular weight is 322 g/mol. The molecule has 1 saturated heterocycles. The molecule has 0 unspecified atom stereocenters. The first kappa shape index (κ1) is 13.9. The quantitative estimate of drug-likeness (QED) is 0.797. The van der Waals surface area contributed by atoms with E-state index >= 15 is 0 Å². The number of halogens is 1. The van der Waals surface area contributed by atoms with Crippen molar-refractivity contribution in [3.63, 3.8) is 0 Å². The summed E-state index contributed by atoms with van der Waals surface area (Å²) in [6, 6.07) is 7.71. The molecule has 0 bridgehead atoms. The molecular weight excluding hydrogens is 306 g/mol. The number of nitrogens with zero attached hydrogens (tertiary/aromatic N) is 3. The van der Waals surface area contributed by atoms with Crippen LogP contribution in [0.5, 0.6) is 0 Å². The number of carbonyl (C=O) groups is 1. The van der Waals surface area contributed by atoms with Crippen molar-refractivity contribution in [1.29, 1.82) is 5.26 Å². The second-order valence-corrected chi connectivity index (χ2v) is 6.13. The van der Waals surface area contributed by atoms with Crippen molar-refractivity contribution in [3.05, 3.63) is 28.2 Å². The van der Waals surface area contributed by atoms with Crippen LogP contribution < -0.4 is 4.90 Å². The standard InChI is InChI=1S/C14H16BrN3O/c1-14(2)13(19)17(3)6-7-18(14)12-8-11(15)5-4-10(12)9-16/h4-5,8H,6-7H2,1-3H3. The van der Waals surface area contributed by atoms with E-state index in [4.69, 9.17) is 0 Å². The van der Waals surface area contributed by atoms with Crippen LogP contribution in [0.3, 0.4) is 0 Å². The maximum Gasteiger partial charge on any atom is 0.247 e. The summed E-state index contributed by atoms with van der Waals surface area (Å²) < 4.78 is 0.906. The lowest BCUT2D eigenvalue weighted by Gasteiger charge is -2.46. The third-order valence-electron chi connectivity index (χ3n) is 3.57. The Morgan fingerprint density at radius 3 is 2.68 bits per heavy atom. The van der Waals surface area contributed by atoms with E-state index in [-0.39, 0.29) is 5.91 Å². The summed E-state index contributed by atoms with van der Waals surface area (Å²) in [6.07, 6.45) is 0. The molecule has 1 aromatic rings. The van der Waals surface area contributed by atoms with Gasteiger partial charge in [0.1, 0.15) is 11.6 Å². The van der Waals surface area contributed by atoms with Gasteiger partial charge in [-0.2, -0.15) is 5.26 Å². The lowest BCUT2D eigenvalue weighted by atomic mass is 9.96. The number of hydrogen-bond acceptors (Lipinski definition) is 3. The number of carbonyl (C=O) groups excluding carboxylic acids is 1. The van der Waals surface area contributed by atoms with Gasteiger partial charge in [-0.3, -0.25) is 4.79 Å². The highest BCUT2D eigenvalue weighted by Gasteiger charge is 2.41. The minimum Gasteiger partial charge on any atom is -0.355 e. The maximum atomic E-state index is 12.3. The van der Waals surface area contributed by atoms with Crippen molar-refractivity contribution in [1.82, 2.24) is 4.90 Å². The molecule has 0 spiro atoms. The van der Waals surface area contributed by atoms with Gasteiger partial charge in [0.15, 0.2) is 0 Å². The van der Waals surface area contributed by atoms with Crippen LogP contribution in [-0.4, -0.2) is 36.5 Å². The Morgan fingerprint density at radius 2 is 2.05 bits per heavy atom. The monoisotopic (exact) mass is 321 g/mol. The van der Waals surface area contributed by atoms with E-state index in [2.05, 4.69) is 22.0 Å². The van der Waals surface area contributed by atoms with Gasteiger partial charge < -0.3 is 9.80 Å². The maximum absolute atomic E-state index is 12.3. The third kappa shape index (κ3) is 2.33. The third-order valence-corrected chi connectivity index (χ3v) is 4.07. The van der Waals surface area contributed by atoms with Crippen LogP contribution >= 0.6 is 15.9 Å². The van der Waals surface area contributed by atoms with Gasteiger partial charge in [-0.05, 0) is 32.0 Å². The Balaban J connectivity index is 2.50. The Morgan fingerprint density at radius 1 is 1.37 bits per heavy atom. The van der Waals surface area contributed by atoms with Crippen LogP contribution in [0.15, 0.2) is 22.7 Å². The van der Waals surface area contributed by atoms with Crippen LogP contribution in [0, 0.1) is 11.3 Å². The normalized spacial score (nSPS) is 18.4. The number of rotatable bonds is 1. The minimum atomic E-state index is -0.639. The molecule has 1 heterocycles. The average Bonchev–Trinajstić information content (AvgIpc) is 2.36. The zero-order valence-electron chi connectivity index (χ0n) is 11.3. The highest BCUT2D eigenvalue weighted by Crippen LogP contribution is 2.32. The molecule has 5 heteroatoms. The first-order chi connectivity index (χ1) is 8.87. The minimum absolute atomic E-state index is 0.0719. The van der Waals surface area contributed by atoms with Crippen LogP contribution in [0.1, 0.15) is 19.4 Å². The summed E-state index contributed by atoms with van der Waals surface area (Å²) in [6.45, 7) is 5.18. The summed E-state index contributed by atoms with van der Waals surface area (Å²) in [5.41, 5.74) is 0.760. The van der Waals surface area contributed by atoms with Gasteiger partial charge >= 0.3 is 0 Å². The molecule has 0 N–H and O–H groups in total. The number of anilines is 1. The molecular formula is C14H16BrN3O. The van der Waals surface area contributed by atoms with Crippen molar-refractivity contribution in [2.45, 2.75) is 19.4 Å². The van der Waals surface area contributed by atoms with Gasteiger partial charge in [-0.1, -0.05) is 15.9 Å². The predicted octanol–water partition coefficient (Wildman–Crippen LogP) is 2.38. The summed E-state index contributed by atoms with van der Waals surface area (Å²) in [5, 5.41) is 9.24. The van der Waals surface area contributed by atoms with Gasteiger partial charge in [-0.25, -0.2) is 0 Å². The number of hydrogen-bond donors (Lipinski definition) is 0. The van der Waals surface area contributed by atoms with E-state index in [1.807, 2.05) is 37.9 Å². The van der Waals surface area contributed by atoms with Gasteiger partial charge in [0, 0.05) is 24.6 Å². The molecule has 1 fully saturated rings. The number of likely N-dealkylation sites (N-methyl/N-ethyl adjacent to an activating group) is 1. The fourth-order valence-corrected chi connectivity index (χ4v) is 2.81. The fraction of sp³-hybridized carbons (Fsp3) is 0.429. The first-order valence-electron chi connectivity index (χ1n) is 6.11. The van der Waals surface area contributed by atoms with E-state index in [0.29, 0.717) is 12.1 Å². The lowest BCUT2D eigenvalue weighted by Crippen LogP contribution is -2.62. The molecule has 19 heavy (non-hydrogen) atoms. The van der Waals surface area contributed by atoms with Crippen LogP contribution in [0.4, 0.5) is 5.69 Å². The Labute approximate surface area is 121 Å². The van der Waals surface area contributed by atoms with Crippen LogP contribution in [0.25, 0.3) is 0 Å².